The number of hydrogen-bond donors (Lipinski definition) is 2. The summed E-state index contributed by atoms with van der Waals surface area (Å²) in [4.78, 5) is 5.50. The van der Waals surface area contributed by atoms with Crippen LogP contribution in [-0.2, 0) is 6.54 Å². The summed E-state index contributed by atoms with van der Waals surface area (Å²) in [6.07, 6.45) is 0. The standard InChI is InChI=1S/C13H11ClN4S/c14-9-3-5-10(6-4-9)15-8-12-16-13(18-17-12)11-2-1-7-19-11/h1-7,15H,8H2,(H,16,17,18). The van der Waals surface area contributed by atoms with E-state index in [-0.39, 0.29) is 0 Å². The Morgan fingerprint density at radius 3 is 2.79 bits per heavy atom. The molecule has 0 atom stereocenters. The zero-order valence-electron chi connectivity index (χ0n) is 9.93. The summed E-state index contributed by atoms with van der Waals surface area (Å²) in [7, 11) is 0. The van der Waals surface area contributed by atoms with Gasteiger partial charge in [-0.25, -0.2) is 4.98 Å². The average Bonchev–Trinajstić information content (AvgIpc) is 3.09. The van der Waals surface area contributed by atoms with Crippen molar-refractivity contribution in [1.82, 2.24) is 15.2 Å². The van der Waals surface area contributed by atoms with Crippen molar-refractivity contribution < 1.29 is 0 Å². The fourth-order valence-electron chi connectivity index (χ4n) is 1.64. The molecular weight excluding hydrogens is 280 g/mol. The molecule has 0 amide bonds. The molecule has 0 aliphatic heterocycles. The van der Waals surface area contributed by atoms with Gasteiger partial charge in [0, 0.05) is 10.7 Å². The van der Waals surface area contributed by atoms with Crippen LogP contribution in [0.3, 0.4) is 0 Å². The first-order chi connectivity index (χ1) is 9.31. The third-order valence-electron chi connectivity index (χ3n) is 2.58. The predicted octanol–water partition coefficient (Wildman–Crippen LogP) is 3.80. The molecule has 0 aliphatic carbocycles. The minimum Gasteiger partial charge on any atom is -0.378 e. The van der Waals surface area contributed by atoms with E-state index in [0.29, 0.717) is 6.54 Å². The zero-order chi connectivity index (χ0) is 13.1. The van der Waals surface area contributed by atoms with Crippen molar-refractivity contribution in [3.05, 3.63) is 52.6 Å². The smallest absolute Gasteiger partial charge is 0.191 e. The van der Waals surface area contributed by atoms with Gasteiger partial charge in [0.05, 0.1) is 11.4 Å². The maximum Gasteiger partial charge on any atom is 0.191 e. The number of rotatable bonds is 4. The Morgan fingerprint density at radius 2 is 2.05 bits per heavy atom. The van der Waals surface area contributed by atoms with Crippen molar-refractivity contribution in [3.63, 3.8) is 0 Å². The van der Waals surface area contributed by atoms with Crippen LogP contribution in [0.2, 0.25) is 5.02 Å². The van der Waals surface area contributed by atoms with Gasteiger partial charge in [-0.1, -0.05) is 17.7 Å². The number of nitrogens with zero attached hydrogens (tertiary/aromatic N) is 2. The third kappa shape index (κ3) is 2.94. The Kier molecular flexibility index (Phi) is 3.48. The second-order valence-electron chi connectivity index (χ2n) is 3.94. The number of anilines is 1. The summed E-state index contributed by atoms with van der Waals surface area (Å²) >= 11 is 7.46. The van der Waals surface area contributed by atoms with Crippen LogP contribution in [-0.4, -0.2) is 15.2 Å². The van der Waals surface area contributed by atoms with Gasteiger partial charge in [-0.3, -0.25) is 5.10 Å². The van der Waals surface area contributed by atoms with E-state index in [1.165, 1.54) is 0 Å². The van der Waals surface area contributed by atoms with Crippen molar-refractivity contribution in [2.45, 2.75) is 6.54 Å². The average molecular weight is 291 g/mol. The van der Waals surface area contributed by atoms with Crippen LogP contribution in [0.25, 0.3) is 10.7 Å². The van der Waals surface area contributed by atoms with Crippen LogP contribution in [0.1, 0.15) is 5.82 Å². The molecule has 96 valence electrons. The van der Waals surface area contributed by atoms with Crippen LogP contribution < -0.4 is 5.32 Å². The van der Waals surface area contributed by atoms with E-state index >= 15 is 0 Å². The lowest BCUT2D eigenvalue weighted by Gasteiger charge is -2.03. The first-order valence-electron chi connectivity index (χ1n) is 5.76. The summed E-state index contributed by atoms with van der Waals surface area (Å²) < 4.78 is 0. The second kappa shape index (κ2) is 5.42. The quantitative estimate of drug-likeness (QED) is 0.768. The maximum absolute atomic E-state index is 5.83. The van der Waals surface area contributed by atoms with E-state index < -0.39 is 0 Å². The highest BCUT2D eigenvalue weighted by Crippen LogP contribution is 2.20. The molecule has 6 heteroatoms. The molecule has 0 aliphatic rings. The van der Waals surface area contributed by atoms with Gasteiger partial charge in [-0.05, 0) is 35.7 Å². The number of aromatic nitrogens is 3. The summed E-state index contributed by atoms with van der Waals surface area (Å²) in [5.41, 5.74) is 0.999. The molecule has 0 saturated heterocycles. The number of H-pyrrole nitrogens is 1. The SMILES string of the molecule is Clc1ccc(NCc2nc(-c3cccs3)n[nH]2)cc1. The monoisotopic (exact) mass is 290 g/mol. The van der Waals surface area contributed by atoms with Crippen molar-refractivity contribution in [1.29, 1.82) is 0 Å². The number of halogens is 1. The van der Waals surface area contributed by atoms with Crippen molar-refractivity contribution >= 4 is 28.6 Å². The highest BCUT2D eigenvalue weighted by molar-refractivity contribution is 7.13. The van der Waals surface area contributed by atoms with Crippen LogP contribution in [0.4, 0.5) is 5.69 Å². The molecule has 2 aromatic heterocycles. The van der Waals surface area contributed by atoms with Gasteiger partial charge >= 0.3 is 0 Å². The van der Waals surface area contributed by atoms with Gasteiger partial charge in [-0.15, -0.1) is 11.3 Å². The molecule has 3 rings (SSSR count). The molecule has 0 unspecified atom stereocenters. The van der Waals surface area contributed by atoms with E-state index in [9.17, 15) is 0 Å². The van der Waals surface area contributed by atoms with E-state index in [1.54, 1.807) is 11.3 Å². The lowest BCUT2D eigenvalue weighted by molar-refractivity contribution is 0.955. The Bertz CT molecular complexity index is 646. The van der Waals surface area contributed by atoms with Crippen LogP contribution in [0, 0.1) is 0 Å². The van der Waals surface area contributed by atoms with E-state index in [2.05, 4.69) is 20.5 Å². The number of thiophene rings is 1. The molecule has 2 heterocycles. The van der Waals surface area contributed by atoms with E-state index in [4.69, 9.17) is 11.6 Å². The lowest BCUT2D eigenvalue weighted by Crippen LogP contribution is -2.00. The molecule has 0 saturated carbocycles. The minimum atomic E-state index is 0.597. The molecule has 3 aromatic rings. The Morgan fingerprint density at radius 1 is 1.21 bits per heavy atom. The van der Waals surface area contributed by atoms with Gasteiger partial charge in [0.25, 0.3) is 0 Å². The molecular formula is C13H11ClN4S. The number of nitrogens with one attached hydrogen (secondary N) is 2. The molecule has 0 fully saturated rings. The number of hydrogen-bond acceptors (Lipinski definition) is 4. The molecule has 0 bridgehead atoms. The molecule has 19 heavy (non-hydrogen) atoms. The van der Waals surface area contributed by atoms with Crippen molar-refractivity contribution in [3.8, 4) is 10.7 Å². The van der Waals surface area contributed by atoms with Crippen LogP contribution in [0.5, 0.6) is 0 Å². The summed E-state index contributed by atoms with van der Waals surface area (Å²) in [6, 6.07) is 11.5. The molecule has 4 nitrogen and oxygen atoms in total. The number of aromatic amines is 1. The molecule has 0 radical (unpaired) electrons. The normalized spacial score (nSPS) is 10.6. The topological polar surface area (TPSA) is 53.6 Å². The highest BCUT2D eigenvalue weighted by Gasteiger charge is 2.06. The van der Waals surface area contributed by atoms with Gasteiger partial charge in [-0.2, -0.15) is 5.10 Å². The maximum atomic E-state index is 5.83. The first kappa shape index (κ1) is 12.2. The lowest BCUT2D eigenvalue weighted by atomic mass is 10.3. The Labute approximate surface area is 119 Å². The van der Waals surface area contributed by atoms with E-state index in [1.807, 2.05) is 41.8 Å². The minimum absolute atomic E-state index is 0.597. The van der Waals surface area contributed by atoms with Crippen molar-refractivity contribution in [2.24, 2.45) is 0 Å². The van der Waals surface area contributed by atoms with Crippen LogP contribution in [0.15, 0.2) is 41.8 Å². The summed E-state index contributed by atoms with van der Waals surface area (Å²) in [5, 5.41) is 13.1. The second-order valence-corrected chi connectivity index (χ2v) is 5.33. The van der Waals surface area contributed by atoms with Gasteiger partial charge in [0.15, 0.2) is 5.82 Å². The van der Waals surface area contributed by atoms with Gasteiger partial charge in [0.1, 0.15) is 5.82 Å². The van der Waals surface area contributed by atoms with Gasteiger partial charge in [0.2, 0.25) is 0 Å². The Balaban J connectivity index is 1.66. The largest absolute Gasteiger partial charge is 0.378 e. The zero-order valence-corrected chi connectivity index (χ0v) is 11.5. The van der Waals surface area contributed by atoms with Gasteiger partial charge < -0.3 is 5.32 Å². The summed E-state index contributed by atoms with van der Waals surface area (Å²) in [5.74, 6) is 1.54. The highest BCUT2D eigenvalue weighted by atomic mass is 35.5. The molecule has 0 spiro atoms. The van der Waals surface area contributed by atoms with Crippen LogP contribution >= 0.6 is 22.9 Å². The summed E-state index contributed by atoms with van der Waals surface area (Å²) in [6.45, 7) is 0.597. The van der Waals surface area contributed by atoms with E-state index in [0.717, 1.165) is 27.2 Å². The molecule has 2 N–H and O–H groups in total. The van der Waals surface area contributed by atoms with Crippen molar-refractivity contribution in [2.75, 3.05) is 5.32 Å². The Hall–Kier alpha value is -1.85. The fourth-order valence-corrected chi connectivity index (χ4v) is 2.43. The first-order valence-corrected chi connectivity index (χ1v) is 7.01. The number of benzene rings is 1. The fraction of sp³-hybridized carbons (Fsp3) is 0.0769. The molecule has 1 aromatic carbocycles. The predicted molar refractivity (Wildman–Crippen MR) is 78.5 cm³/mol. The third-order valence-corrected chi connectivity index (χ3v) is 3.70.